The van der Waals surface area contributed by atoms with E-state index in [1.54, 1.807) is 4.90 Å². The summed E-state index contributed by atoms with van der Waals surface area (Å²) in [5.74, 6) is -1.88. The predicted molar refractivity (Wildman–Crippen MR) is 147 cm³/mol. The average molecular weight is 565 g/mol. The molecular weight excluding hydrogens is 520 g/mol. The van der Waals surface area contributed by atoms with E-state index in [2.05, 4.69) is 10.0 Å². The van der Waals surface area contributed by atoms with Gasteiger partial charge in [-0.15, -0.1) is 0 Å². The first kappa shape index (κ1) is 29.6. The van der Waals surface area contributed by atoms with Gasteiger partial charge in [0.15, 0.2) is 0 Å². The monoisotopic (exact) mass is 564 g/mol. The van der Waals surface area contributed by atoms with Crippen molar-refractivity contribution < 1.29 is 27.6 Å². The lowest BCUT2D eigenvalue weighted by Crippen LogP contribution is -2.61. The highest BCUT2D eigenvalue weighted by atomic mass is 32.2. The van der Waals surface area contributed by atoms with Gasteiger partial charge >= 0.3 is 0 Å². The molecule has 218 valence electrons. The molecule has 1 saturated carbocycles. The van der Waals surface area contributed by atoms with Crippen molar-refractivity contribution in [2.24, 2.45) is 5.92 Å². The molecule has 0 aromatic heterocycles. The maximum Gasteiger partial charge on any atom is 0.259 e. The van der Waals surface area contributed by atoms with Crippen LogP contribution < -0.4 is 10.0 Å². The highest BCUT2D eigenvalue weighted by Crippen LogP contribution is 2.29. The number of nitrogens with one attached hydrogen (secondary N) is 2. The van der Waals surface area contributed by atoms with Gasteiger partial charge in [0.25, 0.3) is 5.91 Å². The Hall–Kier alpha value is -2.43. The van der Waals surface area contributed by atoms with Crippen molar-refractivity contribution in [2.45, 2.75) is 114 Å². The van der Waals surface area contributed by atoms with Gasteiger partial charge in [-0.2, -0.15) is 0 Å². The zero-order valence-corrected chi connectivity index (χ0v) is 24.0. The normalized spacial score (nSPS) is 30.5. The number of allylic oxidation sites excluding steroid dienone is 1. The lowest BCUT2D eigenvalue weighted by atomic mass is 9.94. The summed E-state index contributed by atoms with van der Waals surface area (Å²) in [5, 5.41) is 2.24. The number of carbonyl (C=O) groups is 4. The average Bonchev–Trinajstić information content (AvgIpc) is 3.66. The Kier molecular flexibility index (Phi) is 9.72. The van der Waals surface area contributed by atoms with Crippen molar-refractivity contribution in [3.05, 3.63) is 12.2 Å². The molecule has 10 nitrogen and oxygen atoms in total. The maximum atomic E-state index is 13.8. The molecule has 3 heterocycles. The first-order valence-corrected chi connectivity index (χ1v) is 16.3. The molecule has 39 heavy (non-hydrogen) atoms. The van der Waals surface area contributed by atoms with Crippen LogP contribution in [0.5, 0.6) is 0 Å². The van der Waals surface area contributed by atoms with Gasteiger partial charge in [0.1, 0.15) is 11.6 Å². The smallest absolute Gasteiger partial charge is 0.259 e. The minimum atomic E-state index is -3.79. The zero-order chi connectivity index (χ0) is 28.0. The van der Waals surface area contributed by atoms with Gasteiger partial charge in [-0.05, 0) is 77.6 Å². The fraction of sp³-hybridized carbons (Fsp3) is 0.786. The van der Waals surface area contributed by atoms with E-state index in [9.17, 15) is 27.6 Å². The number of hydrogen-bond donors (Lipinski definition) is 2. The molecular formula is C28H44N4O6S. The van der Waals surface area contributed by atoms with Crippen LogP contribution in [-0.4, -0.2) is 78.3 Å². The number of piperidine rings is 1. The number of sulfonamides is 1. The molecule has 0 unspecified atom stereocenters. The molecule has 0 spiro atoms. The van der Waals surface area contributed by atoms with E-state index in [4.69, 9.17) is 0 Å². The first-order valence-electron chi connectivity index (χ1n) is 14.7. The summed E-state index contributed by atoms with van der Waals surface area (Å²) in [7, 11) is -3.79. The molecule has 0 bridgehead atoms. The zero-order valence-electron chi connectivity index (χ0n) is 23.2. The van der Waals surface area contributed by atoms with Crippen molar-refractivity contribution >= 4 is 33.7 Å². The van der Waals surface area contributed by atoms with E-state index in [0.29, 0.717) is 38.6 Å². The van der Waals surface area contributed by atoms with Crippen molar-refractivity contribution in [2.75, 3.05) is 19.6 Å². The molecule has 1 aliphatic carbocycles. The summed E-state index contributed by atoms with van der Waals surface area (Å²) in [6.07, 6.45) is 13.3. The second-order valence-corrected chi connectivity index (χ2v) is 13.8. The Morgan fingerprint density at radius 1 is 0.949 bits per heavy atom. The van der Waals surface area contributed by atoms with Crippen LogP contribution in [0.4, 0.5) is 0 Å². The highest BCUT2D eigenvalue weighted by molar-refractivity contribution is 7.90. The fourth-order valence-corrected chi connectivity index (χ4v) is 7.27. The third-order valence-corrected chi connectivity index (χ3v) is 10.4. The largest absolute Gasteiger partial charge is 0.343 e. The highest BCUT2D eigenvalue weighted by Gasteiger charge is 2.44. The van der Waals surface area contributed by atoms with Gasteiger partial charge in [0, 0.05) is 32.0 Å². The van der Waals surface area contributed by atoms with E-state index in [-0.39, 0.29) is 24.7 Å². The molecule has 4 rings (SSSR count). The molecule has 2 N–H and O–H groups in total. The van der Waals surface area contributed by atoms with Gasteiger partial charge < -0.3 is 15.1 Å². The summed E-state index contributed by atoms with van der Waals surface area (Å²) < 4.78 is 27.2. The number of likely N-dealkylation sites (tertiary alicyclic amines) is 1. The topological polar surface area (TPSA) is 133 Å². The molecule has 11 heteroatoms. The van der Waals surface area contributed by atoms with Crippen molar-refractivity contribution in [3.63, 3.8) is 0 Å². The van der Waals surface area contributed by atoms with Gasteiger partial charge in [-0.1, -0.05) is 25.0 Å². The molecule has 3 aliphatic heterocycles. The predicted octanol–water partition coefficient (Wildman–Crippen LogP) is 2.39. The van der Waals surface area contributed by atoms with E-state index >= 15 is 0 Å². The van der Waals surface area contributed by atoms with Gasteiger partial charge in [-0.25, -0.2) is 8.42 Å². The second kappa shape index (κ2) is 12.8. The molecule has 4 amide bonds. The first-order chi connectivity index (χ1) is 18.6. The fourth-order valence-electron chi connectivity index (χ4n) is 5.86. The van der Waals surface area contributed by atoms with Gasteiger partial charge in [0.2, 0.25) is 27.7 Å². The number of carbonyl (C=O) groups excluding carboxylic acids is 4. The van der Waals surface area contributed by atoms with Crippen molar-refractivity contribution in [3.8, 4) is 0 Å². The lowest BCUT2D eigenvalue weighted by molar-refractivity contribution is -0.146. The Balaban J connectivity index is 1.52. The SMILES string of the molecule is C[C@@]1(C(=O)NS(=O)(=O)C2CC2)C/C=C\CCCCC[C@H](CC(=O)N2CCCCC2)C(=O)N2CCC[C@H]2C(=O)N1. The summed E-state index contributed by atoms with van der Waals surface area (Å²) >= 11 is 0. The van der Waals surface area contributed by atoms with Crippen LogP contribution in [0, 0.1) is 5.92 Å². The van der Waals surface area contributed by atoms with E-state index in [1.165, 1.54) is 6.92 Å². The molecule has 0 aromatic carbocycles. The van der Waals surface area contributed by atoms with Crippen molar-refractivity contribution in [1.29, 1.82) is 0 Å². The van der Waals surface area contributed by atoms with Gasteiger partial charge in [0.05, 0.1) is 5.25 Å². The van der Waals surface area contributed by atoms with E-state index in [0.717, 1.165) is 58.0 Å². The summed E-state index contributed by atoms with van der Waals surface area (Å²) in [6, 6.07) is -0.758. The minimum absolute atomic E-state index is 0.00946. The quantitative estimate of drug-likeness (QED) is 0.493. The van der Waals surface area contributed by atoms with Crippen molar-refractivity contribution in [1.82, 2.24) is 19.8 Å². The second-order valence-electron chi connectivity index (χ2n) is 11.8. The minimum Gasteiger partial charge on any atom is -0.343 e. The molecule has 0 aromatic rings. The van der Waals surface area contributed by atoms with Gasteiger partial charge in [-0.3, -0.25) is 23.9 Å². The molecule has 3 fully saturated rings. The third kappa shape index (κ3) is 7.61. The standard InChI is InChI=1S/C28H44N4O6S/c1-28(27(36)30-39(37,38)22-14-15-22)16-8-5-3-2-4-7-12-21(20-24(33)31-17-9-6-10-18-31)26(35)32-19-11-13-23(32)25(34)29-28/h5,8,21-23H,2-4,6-7,9-20H2,1H3,(H,29,34)(H,30,36)/b8-5-/t21-,23+,28+/m1/s1. The summed E-state index contributed by atoms with van der Waals surface area (Å²) in [6.45, 7) is 3.42. The Morgan fingerprint density at radius 2 is 1.67 bits per heavy atom. The molecule has 2 saturated heterocycles. The van der Waals surface area contributed by atoms with Crippen LogP contribution in [0.1, 0.15) is 96.8 Å². The number of hydrogen-bond acceptors (Lipinski definition) is 6. The third-order valence-electron chi connectivity index (χ3n) is 8.53. The number of amides is 4. The Labute approximate surface area is 232 Å². The number of fused-ring (bicyclic) bond motifs is 1. The molecule has 4 aliphatic rings. The number of nitrogens with zero attached hydrogens (tertiary/aromatic N) is 2. The van der Waals surface area contributed by atoms with Crippen LogP contribution in [0.2, 0.25) is 0 Å². The molecule has 3 atom stereocenters. The maximum absolute atomic E-state index is 13.8. The summed E-state index contributed by atoms with van der Waals surface area (Å²) in [4.78, 5) is 57.1. The van der Waals surface area contributed by atoms with Crippen LogP contribution in [0.25, 0.3) is 0 Å². The van der Waals surface area contributed by atoms with E-state index < -0.39 is 44.6 Å². The Bertz CT molecular complexity index is 1070. The van der Waals surface area contributed by atoms with Crippen LogP contribution in [-0.2, 0) is 29.2 Å². The van der Waals surface area contributed by atoms with Crippen LogP contribution >= 0.6 is 0 Å². The molecule has 0 radical (unpaired) electrons. The van der Waals surface area contributed by atoms with E-state index in [1.807, 2.05) is 17.1 Å². The van der Waals surface area contributed by atoms with Crippen LogP contribution in [0.15, 0.2) is 12.2 Å². The van der Waals surface area contributed by atoms with Crippen LogP contribution in [0.3, 0.4) is 0 Å². The Morgan fingerprint density at radius 3 is 2.38 bits per heavy atom. The summed E-state index contributed by atoms with van der Waals surface area (Å²) in [5.41, 5.74) is -1.49. The lowest BCUT2D eigenvalue weighted by Gasteiger charge is -2.33. The number of rotatable bonds is 5.